The Morgan fingerprint density at radius 1 is 1.05 bits per heavy atom. The molecule has 214 valence electrons. The highest BCUT2D eigenvalue weighted by molar-refractivity contribution is 7.89. The second-order valence-corrected chi connectivity index (χ2v) is 10.9. The molecule has 1 fully saturated rings. The molecule has 2 aromatic rings. The fourth-order valence-corrected chi connectivity index (χ4v) is 4.81. The van der Waals surface area contributed by atoms with Crippen LogP contribution in [0.15, 0.2) is 65.6 Å². The highest BCUT2D eigenvalue weighted by atomic mass is 32.2. The third kappa shape index (κ3) is 8.23. The van der Waals surface area contributed by atoms with E-state index in [1.54, 1.807) is 24.3 Å². The second kappa shape index (κ2) is 13.9. The van der Waals surface area contributed by atoms with E-state index in [4.69, 9.17) is 15.0 Å². The summed E-state index contributed by atoms with van der Waals surface area (Å²) in [5, 5.41) is 14.1. The first-order valence-corrected chi connectivity index (χ1v) is 14.5. The number of ether oxygens (including phenoxy) is 1. The van der Waals surface area contributed by atoms with Crippen LogP contribution in [-0.2, 0) is 35.6 Å². The lowest BCUT2D eigenvalue weighted by Gasteiger charge is -2.26. The summed E-state index contributed by atoms with van der Waals surface area (Å²) in [6.07, 6.45) is 5.70. The minimum absolute atomic E-state index is 0.0279. The van der Waals surface area contributed by atoms with Crippen LogP contribution in [-0.4, -0.2) is 61.3 Å². The van der Waals surface area contributed by atoms with Gasteiger partial charge in [0.05, 0.1) is 23.6 Å². The number of nitrogens with zero attached hydrogens (tertiary/aromatic N) is 2. The van der Waals surface area contributed by atoms with E-state index in [0.717, 1.165) is 41.6 Å². The van der Waals surface area contributed by atoms with Crippen LogP contribution in [0, 0.1) is 0 Å². The molecule has 0 aliphatic carbocycles. The molecule has 0 unspecified atom stereocenters. The zero-order valence-corrected chi connectivity index (χ0v) is 23.0. The number of carboxylic acid groups (broad SMARTS) is 1. The van der Waals surface area contributed by atoms with Gasteiger partial charge in [-0.15, -0.1) is 0 Å². The predicted molar refractivity (Wildman–Crippen MR) is 147 cm³/mol. The molecule has 12 heteroatoms. The average Bonchev–Trinajstić information content (AvgIpc) is 3.20. The fraction of sp³-hybridized carbons (Fsp3) is 0.357. The van der Waals surface area contributed by atoms with Crippen molar-refractivity contribution < 1.29 is 37.4 Å². The number of nitrogens with two attached hydrogens (primary N) is 1. The Bertz CT molecular complexity index is 1350. The highest BCUT2D eigenvalue weighted by Crippen LogP contribution is 2.28. The minimum atomic E-state index is -3.87. The van der Waals surface area contributed by atoms with Crippen molar-refractivity contribution in [3.63, 3.8) is 0 Å². The first-order valence-electron chi connectivity index (χ1n) is 12.9. The van der Waals surface area contributed by atoms with Crippen LogP contribution in [0.5, 0.6) is 5.75 Å². The molecule has 0 spiro atoms. The van der Waals surface area contributed by atoms with E-state index < -0.39 is 39.8 Å². The molecule has 0 radical (unpaired) electrons. The summed E-state index contributed by atoms with van der Waals surface area (Å²) in [7, 11) is -3.87. The molecule has 0 saturated carbocycles. The molecule has 1 heterocycles. The Labute approximate surface area is 233 Å². The lowest BCUT2D eigenvalue weighted by Crippen LogP contribution is -2.46. The number of rotatable bonds is 14. The van der Waals surface area contributed by atoms with Crippen LogP contribution in [0.25, 0.3) is 0 Å². The molecule has 3 N–H and O–H groups in total. The summed E-state index contributed by atoms with van der Waals surface area (Å²) >= 11 is 0. The van der Waals surface area contributed by atoms with Gasteiger partial charge in [0.25, 0.3) is 5.91 Å². The number of hydrogen-bond acceptors (Lipinski definition) is 7. The van der Waals surface area contributed by atoms with Crippen molar-refractivity contribution in [2.45, 2.75) is 56.4 Å². The van der Waals surface area contributed by atoms with E-state index in [0.29, 0.717) is 29.7 Å². The zero-order chi connectivity index (χ0) is 29.3. The number of hydrogen-bond donors (Lipinski definition) is 2. The molecule has 11 nitrogen and oxygen atoms in total. The van der Waals surface area contributed by atoms with Crippen LogP contribution < -0.4 is 14.8 Å². The van der Waals surface area contributed by atoms with Crippen LogP contribution >= 0.6 is 0 Å². The first-order chi connectivity index (χ1) is 19.0. The van der Waals surface area contributed by atoms with Crippen molar-refractivity contribution >= 4 is 39.4 Å². The molecule has 1 aliphatic rings. The number of carboxylic acids is 1. The van der Waals surface area contributed by atoms with Gasteiger partial charge in [-0.25, -0.2) is 23.3 Å². The number of carbonyl (C=O) groups excluding carboxylic acids is 3. The molecule has 0 bridgehead atoms. The molecule has 2 aromatic carbocycles. The molecule has 1 saturated heterocycles. The minimum Gasteiger partial charge on any atom is -0.494 e. The van der Waals surface area contributed by atoms with E-state index >= 15 is 0 Å². The molecule has 1 aliphatic heterocycles. The molecular weight excluding hydrogens is 538 g/mol. The van der Waals surface area contributed by atoms with Gasteiger partial charge in [0, 0.05) is 18.7 Å². The number of unbranched alkanes of at least 4 members (excludes halogenated alkanes) is 3. The summed E-state index contributed by atoms with van der Waals surface area (Å²) in [4.78, 5) is 52.3. The summed E-state index contributed by atoms with van der Waals surface area (Å²) in [5.74, 6) is -2.58. The number of sulfonamides is 1. The SMILES string of the molecule is CCCCCCOc1ccc(N2C(=O)C[C@@H](N(CCc3ccc(S(N)(=O)=O)cc3)C(=O)/C=C/C(=O)O)C2=O)cc1. The Balaban J connectivity index is 1.74. The standard InChI is InChI=1S/C28H33N3O8S/c1-2-3-4-5-18-39-22-10-8-21(9-11-22)31-26(33)19-24(28(31)36)30(25(32)14-15-27(34)35)17-16-20-6-12-23(13-7-20)40(29,37)38/h6-15,24H,2-5,16-19H2,1H3,(H,34,35)(H2,29,37,38)/b15-14+/t24-/m1/s1. The number of carbonyl (C=O) groups is 4. The quantitative estimate of drug-likeness (QED) is 0.198. The predicted octanol–water partition coefficient (Wildman–Crippen LogP) is 2.64. The topological polar surface area (TPSA) is 164 Å². The van der Waals surface area contributed by atoms with Crippen molar-refractivity contribution in [1.82, 2.24) is 4.90 Å². The van der Waals surface area contributed by atoms with Crippen molar-refractivity contribution in [2.75, 3.05) is 18.1 Å². The van der Waals surface area contributed by atoms with Crippen molar-refractivity contribution in [2.24, 2.45) is 5.14 Å². The van der Waals surface area contributed by atoms with Gasteiger partial charge in [0.2, 0.25) is 21.8 Å². The molecule has 1 atom stereocenters. The largest absolute Gasteiger partial charge is 0.494 e. The number of imide groups is 1. The van der Waals surface area contributed by atoms with Gasteiger partial charge in [-0.3, -0.25) is 14.4 Å². The lowest BCUT2D eigenvalue weighted by atomic mass is 10.1. The number of anilines is 1. The third-order valence-corrected chi connectivity index (χ3v) is 7.33. The fourth-order valence-electron chi connectivity index (χ4n) is 4.29. The van der Waals surface area contributed by atoms with E-state index in [1.807, 2.05) is 0 Å². The zero-order valence-electron chi connectivity index (χ0n) is 22.2. The average molecular weight is 572 g/mol. The van der Waals surface area contributed by atoms with Crippen LogP contribution in [0.4, 0.5) is 5.69 Å². The van der Waals surface area contributed by atoms with Gasteiger partial charge in [-0.2, -0.15) is 0 Å². The lowest BCUT2D eigenvalue weighted by molar-refractivity contribution is -0.135. The number of amides is 3. The van der Waals surface area contributed by atoms with Gasteiger partial charge in [0.1, 0.15) is 11.8 Å². The Morgan fingerprint density at radius 2 is 1.73 bits per heavy atom. The van der Waals surface area contributed by atoms with E-state index in [1.165, 1.54) is 24.3 Å². The Kier molecular flexibility index (Phi) is 10.6. The molecule has 3 rings (SSSR count). The summed E-state index contributed by atoms with van der Waals surface area (Å²) < 4.78 is 28.7. The van der Waals surface area contributed by atoms with Gasteiger partial charge in [0.15, 0.2) is 0 Å². The Hall–Kier alpha value is -4.03. The summed E-state index contributed by atoms with van der Waals surface area (Å²) in [5.41, 5.74) is 0.981. The maximum atomic E-state index is 13.4. The number of aliphatic carboxylic acids is 1. The van der Waals surface area contributed by atoms with Gasteiger partial charge >= 0.3 is 5.97 Å². The van der Waals surface area contributed by atoms with Gasteiger partial charge < -0.3 is 14.7 Å². The summed E-state index contributed by atoms with van der Waals surface area (Å²) in [6.45, 7) is 2.67. The Morgan fingerprint density at radius 3 is 2.33 bits per heavy atom. The molecule has 0 aromatic heterocycles. The van der Waals surface area contributed by atoms with Gasteiger partial charge in [-0.1, -0.05) is 38.3 Å². The van der Waals surface area contributed by atoms with Crippen LogP contribution in [0.3, 0.4) is 0 Å². The van der Waals surface area contributed by atoms with Gasteiger partial charge in [-0.05, 0) is 54.8 Å². The van der Waals surface area contributed by atoms with Crippen LogP contribution in [0.1, 0.15) is 44.6 Å². The first kappa shape index (κ1) is 30.5. The maximum absolute atomic E-state index is 13.4. The maximum Gasteiger partial charge on any atom is 0.328 e. The molecular formula is C28H33N3O8S. The number of benzene rings is 2. The molecule has 40 heavy (non-hydrogen) atoms. The van der Waals surface area contributed by atoms with Crippen molar-refractivity contribution in [1.29, 1.82) is 0 Å². The second-order valence-electron chi connectivity index (χ2n) is 9.33. The smallest absolute Gasteiger partial charge is 0.328 e. The van der Waals surface area contributed by atoms with E-state index in [2.05, 4.69) is 6.92 Å². The van der Waals surface area contributed by atoms with Crippen LogP contribution in [0.2, 0.25) is 0 Å². The monoisotopic (exact) mass is 571 g/mol. The van der Waals surface area contributed by atoms with Crippen molar-refractivity contribution in [3.8, 4) is 5.75 Å². The van der Waals surface area contributed by atoms with Crippen molar-refractivity contribution in [3.05, 3.63) is 66.2 Å². The molecule has 3 amide bonds. The number of primary sulfonamides is 1. The summed E-state index contributed by atoms with van der Waals surface area (Å²) in [6, 6.07) is 11.1. The third-order valence-electron chi connectivity index (χ3n) is 6.41. The highest BCUT2D eigenvalue weighted by Gasteiger charge is 2.44. The van der Waals surface area contributed by atoms with E-state index in [-0.39, 0.29) is 24.3 Å². The normalized spacial score (nSPS) is 15.6. The van der Waals surface area contributed by atoms with E-state index in [9.17, 15) is 27.6 Å².